The minimum absolute atomic E-state index is 0. The Morgan fingerprint density at radius 3 is 2.18 bits per heavy atom. The van der Waals surface area contributed by atoms with Crippen LogP contribution in [0, 0.1) is 0 Å². The van der Waals surface area contributed by atoms with Crippen LogP contribution in [0.4, 0.5) is 0 Å². The van der Waals surface area contributed by atoms with Crippen LogP contribution in [0.2, 0.25) is 0 Å². The Morgan fingerprint density at radius 1 is 1.35 bits per heavy atom. The van der Waals surface area contributed by atoms with Gasteiger partial charge < -0.3 is 24.3 Å². The summed E-state index contributed by atoms with van der Waals surface area (Å²) in [5.41, 5.74) is 0.357. The molecule has 0 heterocycles. The fourth-order valence-corrected chi connectivity index (χ4v) is 2.11. The maximum atomic E-state index is 10.7. The summed E-state index contributed by atoms with van der Waals surface area (Å²) < 4.78 is 28.2. The first kappa shape index (κ1) is 24.0. The number of aliphatic hydroxyl groups is 1. The van der Waals surface area contributed by atoms with Crippen LogP contribution in [0.5, 0.6) is 0 Å². The van der Waals surface area contributed by atoms with Gasteiger partial charge in [0.2, 0.25) is 0 Å². The molecule has 0 aliphatic heterocycles. The maximum Gasteiger partial charge on any atom is 1.00 e. The Kier molecular flexibility index (Phi) is 15.1. The maximum absolute atomic E-state index is 10.7. The second-order valence-electron chi connectivity index (χ2n) is 2.50. The Bertz CT molecular complexity index is 326. The standard InChI is InChI=1S/C5H12O8P2.2Na/c1-5(2-3-6)4-12-15(10,11)13-14(7,8)9;;/h2,6H,3-4H2,1H3,(H,10,11)(H2,7,8,9);;/q;2*+1/p-2/b5-2-;;. The van der Waals surface area contributed by atoms with Gasteiger partial charge in [0.15, 0.2) is 0 Å². The van der Waals surface area contributed by atoms with Crippen LogP contribution < -0.4 is 68.9 Å². The van der Waals surface area contributed by atoms with Crippen LogP contribution in [0.15, 0.2) is 11.6 Å². The van der Waals surface area contributed by atoms with Gasteiger partial charge in [0, 0.05) is 0 Å². The van der Waals surface area contributed by atoms with Gasteiger partial charge in [-0.2, -0.15) is 0 Å². The monoisotopic (exact) mass is 306 g/mol. The van der Waals surface area contributed by atoms with Gasteiger partial charge >= 0.3 is 59.1 Å². The fraction of sp³-hybridized carbons (Fsp3) is 0.600. The SMILES string of the molecule is C/C(=C/CO)COP(=O)([O-])OP(=O)([O-])O.[Na+].[Na+]. The summed E-state index contributed by atoms with van der Waals surface area (Å²) in [4.78, 5) is 28.9. The molecule has 0 aliphatic rings. The first-order valence-electron chi connectivity index (χ1n) is 3.63. The predicted molar refractivity (Wildman–Crippen MR) is 45.3 cm³/mol. The van der Waals surface area contributed by atoms with Crippen molar-refractivity contribution in [2.45, 2.75) is 6.92 Å². The van der Waals surface area contributed by atoms with E-state index in [0.717, 1.165) is 0 Å². The van der Waals surface area contributed by atoms with Crippen molar-refractivity contribution < 1.29 is 96.9 Å². The fourth-order valence-electron chi connectivity index (χ4n) is 0.546. The van der Waals surface area contributed by atoms with Gasteiger partial charge in [-0.3, -0.25) is 9.13 Å². The van der Waals surface area contributed by atoms with E-state index in [2.05, 4.69) is 8.83 Å². The van der Waals surface area contributed by atoms with Crippen LogP contribution in [0.3, 0.4) is 0 Å². The quantitative estimate of drug-likeness (QED) is 0.280. The molecule has 2 atom stereocenters. The zero-order valence-corrected chi connectivity index (χ0v) is 15.5. The summed E-state index contributed by atoms with van der Waals surface area (Å²) >= 11 is 0. The molecule has 0 aromatic heterocycles. The average Bonchev–Trinajstić information content (AvgIpc) is 1.97. The minimum Gasteiger partial charge on any atom is -0.756 e. The van der Waals surface area contributed by atoms with Crippen LogP contribution in [-0.2, 0) is 18.0 Å². The largest absolute Gasteiger partial charge is 1.00 e. The molecule has 2 N–H and O–H groups in total. The molecule has 0 rings (SSSR count). The molecule has 90 valence electrons. The van der Waals surface area contributed by atoms with Crippen molar-refractivity contribution in [2.75, 3.05) is 13.2 Å². The first-order valence-corrected chi connectivity index (χ1v) is 6.59. The predicted octanol–water partition coefficient (Wildman–Crippen LogP) is -7.10. The molecule has 2 unspecified atom stereocenters. The second kappa shape index (κ2) is 10.7. The Morgan fingerprint density at radius 2 is 1.82 bits per heavy atom. The normalized spacial score (nSPS) is 18.3. The summed E-state index contributed by atoms with van der Waals surface area (Å²) in [7, 11) is -10.5. The molecule has 0 bridgehead atoms. The van der Waals surface area contributed by atoms with Crippen molar-refractivity contribution in [2.24, 2.45) is 0 Å². The van der Waals surface area contributed by atoms with Gasteiger partial charge in [-0.05, 0) is 12.5 Å². The molecule has 12 heteroatoms. The molecular weight excluding hydrogens is 296 g/mol. The third kappa shape index (κ3) is 15.9. The van der Waals surface area contributed by atoms with Crippen LogP contribution in [-0.4, -0.2) is 23.2 Å². The second-order valence-corrected chi connectivity index (χ2v) is 5.25. The van der Waals surface area contributed by atoms with Crippen molar-refractivity contribution in [3.63, 3.8) is 0 Å². The number of aliphatic hydroxyl groups excluding tert-OH is 1. The molecule has 0 aromatic rings. The zero-order valence-electron chi connectivity index (χ0n) is 9.73. The van der Waals surface area contributed by atoms with E-state index in [1.807, 2.05) is 0 Å². The average molecular weight is 306 g/mol. The van der Waals surface area contributed by atoms with Gasteiger partial charge in [-0.1, -0.05) is 6.08 Å². The number of hydrogen-bond acceptors (Lipinski definition) is 7. The van der Waals surface area contributed by atoms with Gasteiger partial charge in [-0.25, -0.2) is 4.31 Å². The van der Waals surface area contributed by atoms with E-state index in [-0.39, 0.29) is 65.7 Å². The van der Waals surface area contributed by atoms with Crippen LogP contribution in [0.25, 0.3) is 0 Å². The van der Waals surface area contributed by atoms with Crippen LogP contribution >= 0.6 is 15.6 Å². The third-order valence-corrected chi connectivity index (χ3v) is 3.16. The third-order valence-electron chi connectivity index (χ3n) is 1.09. The van der Waals surface area contributed by atoms with Crippen molar-refractivity contribution in [1.82, 2.24) is 0 Å². The summed E-state index contributed by atoms with van der Waals surface area (Å²) in [6.45, 7) is 0.673. The van der Waals surface area contributed by atoms with E-state index in [0.29, 0.717) is 5.57 Å². The van der Waals surface area contributed by atoms with E-state index in [4.69, 9.17) is 10.00 Å². The van der Waals surface area contributed by atoms with Crippen molar-refractivity contribution >= 4 is 15.6 Å². The molecule has 0 amide bonds. The van der Waals surface area contributed by atoms with Gasteiger partial charge in [0.1, 0.15) is 0 Å². The summed E-state index contributed by atoms with van der Waals surface area (Å²) in [5.74, 6) is 0. The molecule has 0 saturated heterocycles. The number of hydrogen-bond donors (Lipinski definition) is 2. The Labute approximate surface area is 143 Å². The number of phosphoric ester groups is 1. The molecule has 0 fully saturated rings. The Balaban J connectivity index is -0.000000980. The van der Waals surface area contributed by atoms with E-state index in [9.17, 15) is 18.9 Å². The van der Waals surface area contributed by atoms with E-state index >= 15 is 0 Å². The minimum atomic E-state index is -5.38. The van der Waals surface area contributed by atoms with Crippen LogP contribution in [0.1, 0.15) is 6.92 Å². The van der Waals surface area contributed by atoms with E-state index < -0.39 is 22.3 Å². The molecule has 0 aliphatic carbocycles. The molecule has 0 radical (unpaired) electrons. The summed E-state index contributed by atoms with van der Waals surface area (Å²) in [6.07, 6.45) is 1.26. The van der Waals surface area contributed by atoms with Gasteiger partial charge in [0.05, 0.1) is 13.2 Å². The summed E-state index contributed by atoms with van der Waals surface area (Å²) in [5, 5.41) is 8.41. The van der Waals surface area contributed by atoms with E-state index in [1.165, 1.54) is 13.0 Å². The Hall–Kier alpha value is 1.96. The summed E-state index contributed by atoms with van der Waals surface area (Å²) in [6, 6.07) is 0. The van der Waals surface area contributed by atoms with E-state index in [1.54, 1.807) is 0 Å². The topological polar surface area (TPSA) is 139 Å². The molecular formula is C5H10Na2O8P2. The molecule has 0 aromatic carbocycles. The molecule has 0 spiro atoms. The molecule has 17 heavy (non-hydrogen) atoms. The number of phosphoric acid groups is 2. The smallest absolute Gasteiger partial charge is 0.756 e. The van der Waals surface area contributed by atoms with Crippen molar-refractivity contribution in [3.05, 3.63) is 11.6 Å². The van der Waals surface area contributed by atoms with Gasteiger partial charge in [0.25, 0.3) is 15.6 Å². The van der Waals surface area contributed by atoms with Crippen molar-refractivity contribution in [3.8, 4) is 0 Å². The number of rotatable bonds is 6. The zero-order chi connectivity index (χ0) is 12.1. The molecule has 0 saturated carbocycles. The van der Waals surface area contributed by atoms with Crippen molar-refractivity contribution in [1.29, 1.82) is 0 Å². The molecule has 8 nitrogen and oxygen atoms in total. The first-order chi connectivity index (χ1) is 6.66. The van der Waals surface area contributed by atoms with Gasteiger partial charge in [-0.15, -0.1) is 0 Å².